The first-order valence-corrected chi connectivity index (χ1v) is 10.6. The molecule has 0 saturated heterocycles. The summed E-state index contributed by atoms with van der Waals surface area (Å²) in [6.45, 7) is 0.166. The molecule has 3 rings (SSSR count). The van der Waals surface area contributed by atoms with Crippen LogP contribution in [0.5, 0.6) is 11.5 Å². The fourth-order valence-corrected chi connectivity index (χ4v) is 3.59. The van der Waals surface area contributed by atoms with Crippen molar-refractivity contribution in [3.8, 4) is 23.8 Å². The third-order valence-electron chi connectivity index (χ3n) is 4.13. The van der Waals surface area contributed by atoms with Crippen molar-refractivity contribution < 1.29 is 17.9 Å². The number of carbonyl (C=O) groups excluding carboxylic acids is 1. The minimum Gasteiger partial charge on any atom is -0.457 e. The highest BCUT2D eigenvalue weighted by molar-refractivity contribution is 7.89. The van der Waals surface area contributed by atoms with Crippen LogP contribution in [0.4, 0.5) is 0 Å². The summed E-state index contributed by atoms with van der Waals surface area (Å²) in [7, 11) is -3.76. The van der Waals surface area contributed by atoms with Crippen LogP contribution in [0, 0.1) is 12.3 Å². The highest BCUT2D eigenvalue weighted by Crippen LogP contribution is 2.21. The molecule has 0 radical (unpaired) electrons. The Morgan fingerprint density at radius 1 is 0.933 bits per heavy atom. The first-order valence-electron chi connectivity index (χ1n) is 9.11. The average molecular weight is 420 g/mol. The number of nitrogens with one attached hydrogen (secondary N) is 2. The molecule has 0 aliphatic heterocycles. The number of terminal acetylenes is 1. The molecule has 7 heteroatoms. The van der Waals surface area contributed by atoms with Crippen LogP contribution >= 0.6 is 0 Å². The maximum Gasteiger partial charge on any atom is 0.251 e. The van der Waals surface area contributed by atoms with Crippen molar-refractivity contribution in [2.24, 2.45) is 0 Å². The van der Waals surface area contributed by atoms with E-state index in [9.17, 15) is 13.2 Å². The number of carbonyl (C=O) groups is 1. The summed E-state index contributed by atoms with van der Waals surface area (Å²) in [5.41, 5.74) is 1.12. The van der Waals surface area contributed by atoms with Crippen molar-refractivity contribution in [1.82, 2.24) is 10.0 Å². The molecular weight excluding hydrogens is 400 g/mol. The SMILES string of the molecule is C#CCNS(=O)(=O)c1cccc(C(=O)NCc2ccc(Oc3ccccc3)cc2)c1. The Morgan fingerprint density at radius 3 is 2.33 bits per heavy atom. The van der Waals surface area contributed by atoms with Crippen LogP contribution in [0.25, 0.3) is 0 Å². The minimum absolute atomic E-state index is 0.0205. The normalized spacial score (nSPS) is 10.8. The average Bonchev–Trinajstić information content (AvgIpc) is 2.78. The van der Waals surface area contributed by atoms with E-state index >= 15 is 0 Å². The first kappa shape index (κ1) is 21.1. The molecule has 0 atom stereocenters. The Kier molecular flexibility index (Phi) is 6.86. The molecule has 3 aromatic rings. The van der Waals surface area contributed by atoms with Gasteiger partial charge in [-0.05, 0) is 48.0 Å². The Bertz CT molecular complexity index is 1150. The van der Waals surface area contributed by atoms with Crippen LogP contribution in [-0.4, -0.2) is 20.9 Å². The lowest BCUT2D eigenvalue weighted by atomic mass is 10.2. The third kappa shape index (κ3) is 5.70. The number of para-hydroxylation sites is 1. The number of sulfonamides is 1. The van der Waals surface area contributed by atoms with Crippen molar-refractivity contribution in [1.29, 1.82) is 0 Å². The standard InChI is InChI=1S/C23H20N2O4S/c1-2-15-25-30(27,28)22-10-6-7-19(16-22)23(26)24-17-18-11-13-21(14-12-18)29-20-8-4-3-5-9-20/h1,3-14,16,25H,15,17H2,(H,24,26). The van der Waals surface area contributed by atoms with Gasteiger partial charge < -0.3 is 10.1 Å². The molecule has 30 heavy (non-hydrogen) atoms. The number of benzene rings is 3. The van der Waals surface area contributed by atoms with E-state index in [1.165, 1.54) is 18.2 Å². The fraction of sp³-hybridized carbons (Fsp3) is 0.0870. The lowest BCUT2D eigenvalue weighted by Gasteiger charge is -2.09. The molecule has 2 N–H and O–H groups in total. The van der Waals surface area contributed by atoms with E-state index < -0.39 is 10.0 Å². The summed E-state index contributed by atoms with van der Waals surface area (Å²) in [6, 6.07) is 22.5. The second kappa shape index (κ2) is 9.74. The van der Waals surface area contributed by atoms with Gasteiger partial charge in [-0.3, -0.25) is 4.79 Å². The zero-order chi connectivity index (χ0) is 21.4. The van der Waals surface area contributed by atoms with Gasteiger partial charge in [0.25, 0.3) is 5.91 Å². The summed E-state index contributed by atoms with van der Waals surface area (Å²) < 4.78 is 32.3. The van der Waals surface area contributed by atoms with E-state index in [2.05, 4.69) is 16.0 Å². The predicted molar refractivity (Wildman–Crippen MR) is 115 cm³/mol. The van der Waals surface area contributed by atoms with Gasteiger partial charge >= 0.3 is 0 Å². The Balaban J connectivity index is 1.60. The first-order chi connectivity index (χ1) is 14.5. The van der Waals surface area contributed by atoms with Crippen LogP contribution in [-0.2, 0) is 16.6 Å². The summed E-state index contributed by atoms with van der Waals surface area (Å²) in [6.07, 6.45) is 5.09. The van der Waals surface area contributed by atoms with E-state index in [1.807, 2.05) is 54.6 Å². The van der Waals surface area contributed by atoms with Gasteiger partial charge in [0, 0.05) is 12.1 Å². The van der Waals surface area contributed by atoms with Crippen LogP contribution in [0.3, 0.4) is 0 Å². The van der Waals surface area contributed by atoms with E-state index in [1.54, 1.807) is 6.07 Å². The van der Waals surface area contributed by atoms with Gasteiger partial charge in [0.05, 0.1) is 11.4 Å². The Morgan fingerprint density at radius 2 is 1.63 bits per heavy atom. The highest BCUT2D eigenvalue weighted by Gasteiger charge is 2.15. The van der Waals surface area contributed by atoms with E-state index in [-0.39, 0.29) is 29.5 Å². The van der Waals surface area contributed by atoms with Crippen LogP contribution < -0.4 is 14.8 Å². The van der Waals surface area contributed by atoms with Gasteiger partial charge in [-0.15, -0.1) is 6.42 Å². The Hall–Kier alpha value is -3.60. The number of hydrogen-bond acceptors (Lipinski definition) is 4. The Labute approximate surface area is 176 Å². The van der Waals surface area contributed by atoms with Crippen molar-refractivity contribution in [3.63, 3.8) is 0 Å². The van der Waals surface area contributed by atoms with Crippen LogP contribution in [0.2, 0.25) is 0 Å². The number of hydrogen-bond donors (Lipinski definition) is 2. The van der Waals surface area contributed by atoms with E-state index in [4.69, 9.17) is 11.2 Å². The molecule has 3 aromatic carbocycles. The number of ether oxygens (including phenoxy) is 1. The molecule has 0 aliphatic rings. The lowest BCUT2D eigenvalue weighted by molar-refractivity contribution is 0.0950. The maximum atomic E-state index is 12.4. The lowest BCUT2D eigenvalue weighted by Crippen LogP contribution is -2.25. The molecule has 0 aliphatic carbocycles. The molecule has 0 bridgehead atoms. The maximum absolute atomic E-state index is 12.4. The zero-order valence-electron chi connectivity index (χ0n) is 16.0. The molecule has 1 amide bonds. The van der Waals surface area contributed by atoms with Gasteiger partial charge in [0.1, 0.15) is 11.5 Å². The van der Waals surface area contributed by atoms with E-state index in [0.717, 1.165) is 11.3 Å². The second-order valence-electron chi connectivity index (χ2n) is 6.30. The predicted octanol–water partition coefficient (Wildman–Crippen LogP) is 3.32. The molecule has 0 saturated carbocycles. The summed E-state index contributed by atoms with van der Waals surface area (Å²) in [5, 5.41) is 2.78. The van der Waals surface area contributed by atoms with Gasteiger partial charge in [-0.25, -0.2) is 8.42 Å². The molecule has 0 heterocycles. The van der Waals surface area contributed by atoms with Gasteiger partial charge in [-0.2, -0.15) is 4.72 Å². The second-order valence-corrected chi connectivity index (χ2v) is 8.07. The summed E-state index contributed by atoms with van der Waals surface area (Å²) >= 11 is 0. The van der Waals surface area contributed by atoms with Crippen LogP contribution in [0.15, 0.2) is 83.8 Å². The number of amides is 1. The highest BCUT2D eigenvalue weighted by atomic mass is 32.2. The van der Waals surface area contributed by atoms with Gasteiger partial charge in [0.15, 0.2) is 0 Å². The largest absolute Gasteiger partial charge is 0.457 e. The monoisotopic (exact) mass is 420 g/mol. The van der Waals surface area contributed by atoms with Crippen molar-refractivity contribution in [2.75, 3.05) is 6.54 Å². The van der Waals surface area contributed by atoms with Gasteiger partial charge in [-0.1, -0.05) is 42.3 Å². The molecule has 0 aromatic heterocycles. The summed E-state index contributed by atoms with van der Waals surface area (Å²) in [5.74, 6) is 3.26. The smallest absolute Gasteiger partial charge is 0.251 e. The van der Waals surface area contributed by atoms with E-state index in [0.29, 0.717) is 5.75 Å². The molecular formula is C23H20N2O4S. The zero-order valence-corrected chi connectivity index (χ0v) is 16.9. The fourth-order valence-electron chi connectivity index (χ4n) is 2.61. The van der Waals surface area contributed by atoms with Crippen molar-refractivity contribution >= 4 is 15.9 Å². The molecule has 0 unspecified atom stereocenters. The molecule has 0 spiro atoms. The topological polar surface area (TPSA) is 84.5 Å². The molecule has 0 fully saturated rings. The van der Waals surface area contributed by atoms with Crippen molar-refractivity contribution in [2.45, 2.75) is 11.4 Å². The molecule has 6 nitrogen and oxygen atoms in total. The van der Waals surface area contributed by atoms with Gasteiger partial charge in [0.2, 0.25) is 10.0 Å². The molecule has 152 valence electrons. The third-order valence-corrected chi connectivity index (χ3v) is 5.53. The minimum atomic E-state index is -3.76. The van der Waals surface area contributed by atoms with Crippen molar-refractivity contribution in [3.05, 3.63) is 90.0 Å². The quantitative estimate of drug-likeness (QED) is 0.548. The number of rotatable bonds is 8. The summed E-state index contributed by atoms with van der Waals surface area (Å²) in [4.78, 5) is 12.4. The van der Waals surface area contributed by atoms with Crippen LogP contribution in [0.1, 0.15) is 15.9 Å².